The van der Waals surface area contributed by atoms with Crippen LogP contribution < -0.4 is 10.9 Å². The number of benzene rings is 1. The molecule has 0 spiro atoms. The molecular weight excluding hydrogens is 296 g/mol. The lowest BCUT2D eigenvalue weighted by Crippen LogP contribution is -2.64. The Bertz CT molecular complexity index is 508. The summed E-state index contributed by atoms with van der Waals surface area (Å²) in [7, 11) is 0. The number of hydrogen-bond donors (Lipinski definition) is 7. The largest absolute Gasteiger partial charge is 0.508 e. The van der Waals surface area contributed by atoms with Crippen molar-refractivity contribution in [2.24, 2.45) is 0 Å². The Morgan fingerprint density at radius 1 is 1.09 bits per heavy atom. The van der Waals surface area contributed by atoms with Gasteiger partial charge in [-0.3, -0.25) is 10.2 Å². The molecule has 9 nitrogen and oxygen atoms in total. The average molecular weight is 314 g/mol. The van der Waals surface area contributed by atoms with E-state index in [0.717, 1.165) is 0 Å². The molecule has 5 atom stereocenters. The van der Waals surface area contributed by atoms with Gasteiger partial charge >= 0.3 is 0 Å². The highest BCUT2D eigenvalue weighted by atomic mass is 16.6. The summed E-state index contributed by atoms with van der Waals surface area (Å²) in [6.45, 7) is -0.560. The third-order valence-electron chi connectivity index (χ3n) is 3.35. The molecule has 0 radical (unpaired) electrons. The minimum absolute atomic E-state index is 0.0124. The fraction of sp³-hybridized carbons (Fsp3) is 0.462. The summed E-state index contributed by atoms with van der Waals surface area (Å²) in [5.74, 6) is -0.546. The zero-order valence-electron chi connectivity index (χ0n) is 11.5. The van der Waals surface area contributed by atoms with Crippen LogP contribution in [0.4, 0.5) is 0 Å². The van der Waals surface area contributed by atoms with Gasteiger partial charge in [0.2, 0.25) is 0 Å². The Morgan fingerprint density at radius 3 is 2.32 bits per heavy atom. The third kappa shape index (κ3) is 3.53. The van der Waals surface area contributed by atoms with Crippen molar-refractivity contribution in [3.05, 3.63) is 29.8 Å². The number of hydrazine groups is 1. The number of phenolic OH excluding ortho intramolecular Hbond substituents is 1. The number of carbonyl (C=O) groups is 1. The van der Waals surface area contributed by atoms with Crippen LogP contribution in [0.2, 0.25) is 0 Å². The highest BCUT2D eigenvalue weighted by molar-refractivity contribution is 5.93. The van der Waals surface area contributed by atoms with Gasteiger partial charge in [-0.15, -0.1) is 0 Å². The Morgan fingerprint density at radius 2 is 1.73 bits per heavy atom. The van der Waals surface area contributed by atoms with Crippen molar-refractivity contribution in [1.82, 2.24) is 10.9 Å². The lowest BCUT2D eigenvalue weighted by Gasteiger charge is -2.40. The lowest BCUT2D eigenvalue weighted by molar-refractivity contribution is -0.238. The normalized spacial score (nSPS) is 31.7. The maximum absolute atomic E-state index is 11.8. The highest BCUT2D eigenvalue weighted by Gasteiger charge is 2.43. The van der Waals surface area contributed by atoms with Crippen LogP contribution in [0, 0.1) is 0 Å². The summed E-state index contributed by atoms with van der Waals surface area (Å²) >= 11 is 0. The molecule has 1 aromatic carbocycles. The van der Waals surface area contributed by atoms with E-state index in [1.165, 1.54) is 24.3 Å². The van der Waals surface area contributed by atoms with Crippen molar-refractivity contribution in [3.8, 4) is 5.75 Å². The Balaban J connectivity index is 1.95. The second kappa shape index (κ2) is 7.01. The number of nitrogens with one attached hydrogen (secondary N) is 2. The number of phenols is 1. The number of aliphatic hydroxyl groups excluding tert-OH is 4. The molecule has 1 fully saturated rings. The van der Waals surface area contributed by atoms with Crippen LogP contribution >= 0.6 is 0 Å². The minimum atomic E-state index is -1.53. The zero-order chi connectivity index (χ0) is 16.3. The van der Waals surface area contributed by atoms with Gasteiger partial charge in [0.05, 0.1) is 6.61 Å². The maximum atomic E-state index is 11.8. The monoisotopic (exact) mass is 314 g/mol. The first-order chi connectivity index (χ1) is 10.4. The predicted molar refractivity (Wildman–Crippen MR) is 72.5 cm³/mol. The summed E-state index contributed by atoms with van der Waals surface area (Å²) in [5.41, 5.74) is 4.90. The molecule has 0 saturated carbocycles. The van der Waals surface area contributed by atoms with Gasteiger partial charge in [-0.2, -0.15) is 0 Å². The van der Waals surface area contributed by atoms with Gasteiger partial charge in [0.25, 0.3) is 5.91 Å². The topological polar surface area (TPSA) is 152 Å². The van der Waals surface area contributed by atoms with E-state index in [-0.39, 0.29) is 11.3 Å². The smallest absolute Gasteiger partial charge is 0.265 e. The van der Waals surface area contributed by atoms with Crippen molar-refractivity contribution in [3.63, 3.8) is 0 Å². The van der Waals surface area contributed by atoms with Gasteiger partial charge in [-0.25, -0.2) is 5.43 Å². The molecule has 22 heavy (non-hydrogen) atoms. The molecule has 1 amide bonds. The molecule has 122 valence electrons. The molecule has 1 heterocycles. The van der Waals surface area contributed by atoms with Crippen LogP contribution in [0.3, 0.4) is 0 Å². The quantitative estimate of drug-likeness (QED) is 0.299. The SMILES string of the molecule is O=C(NN[C@@H]1O[C@H](CO)[C@H](O)[C@@H](O)[C@H]1O)c1ccc(O)cc1. The molecule has 2 rings (SSSR count). The number of aromatic hydroxyl groups is 1. The van der Waals surface area contributed by atoms with E-state index in [4.69, 9.17) is 14.9 Å². The van der Waals surface area contributed by atoms with Crippen molar-refractivity contribution in [2.75, 3.05) is 6.61 Å². The van der Waals surface area contributed by atoms with Crippen molar-refractivity contribution < 1.29 is 35.1 Å². The predicted octanol–water partition coefficient (Wildman–Crippen LogP) is -2.57. The molecule has 0 bridgehead atoms. The third-order valence-corrected chi connectivity index (χ3v) is 3.35. The van der Waals surface area contributed by atoms with Crippen LogP contribution in [0.5, 0.6) is 5.75 Å². The average Bonchev–Trinajstić information content (AvgIpc) is 2.52. The first-order valence-electron chi connectivity index (χ1n) is 6.59. The van der Waals surface area contributed by atoms with E-state index >= 15 is 0 Å². The summed E-state index contributed by atoms with van der Waals surface area (Å²) in [4.78, 5) is 11.8. The standard InChI is InChI=1S/C13H18N2O7/c16-5-8-9(18)10(19)11(20)13(22-8)15-14-12(21)6-1-3-7(17)4-2-6/h1-4,8-11,13,15-20H,5H2,(H,14,21)/t8-,9+,10-,11-,13-/m1/s1. The number of hydrogen-bond acceptors (Lipinski definition) is 8. The van der Waals surface area contributed by atoms with Crippen molar-refractivity contribution in [2.45, 2.75) is 30.6 Å². The molecule has 0 unspecified atom stereocenters. The molecular formula is C13H18N2O7. The van der Waals surface area contributed by atoms with E-state index < -0.39 is 43.2 Å². The highest BCUT2D eigenvalue weighted by Crippen LogP contribution is 2.19. The van der Waals surface area contributed by atoms with Gasteiger partial charge in [-0.05, 0) is 24.3 Å². The Kier molecular flexibility index (Phi) is 5.29. The minimum Gasteiger partial charge on any atom is -0.508 e. The number of aliphatic hydroxyl groups is 4. The van der Waals surface area contributed by atoms with E-state index in [0.29, 0.717) is 0 Å². The van der Waals surface area contributed by atoms with Crippen LogP contribution in [0.25, 0.3) is 0 Å². The molecule has 1 aromatic rings. The first kappa shape index (κ1) is 16.6. The zero-order valence-corrected chi connectivity index (χ0v) is 11.5. The van der Waals surface area contributed by atoms with E-state index in [1.54, 1.807) is 0 Å². The molecule has 1 saturated heterocycles. The number of ether oxygens (including phenoxy) is 1. The summed E-state index contributed by atoms with van der Waals surface area (Å²) in [6, 6.07) is 5.45. The number of carbonyl (C=O) groups excluding carboxylic acids is 1. The molecule has 7 N–H and O–H groups in total. The van der Waals surface area contributed by atoms with Gasteiger partial charge in [-0.1, -0.05) is 0 Å². The molecule has 0 aromatic heterocycles. The van der Waals surface area contributed by atoms with Gasteiger partial charge in [0, 0.05) is 5.56 Å². The summed E-state index contributed by atoms with van der Waals surface area (Å²) in [6.07, 6.45) is -6.78. The van der Waals surface area contributed by atoms with Crippen LogP contribution in [0.1, 0.15) is 10.4 Å². The van der Waals surface area contributed by atoms with Crippen LogP contribution in [-0.4, -0.2) is 68.7 Å². The van der Waals surface area contributed by atoms with Gasteiger partial charge in [0.15, 0.2) is 6.23 Å². The van der Waals surface area contributed by atoms with E-state index in [2.05, 4.69) is 10.9 Å². The summed E-state index contributed by atoms with van der Waals surface area (Å²) < 4.78 is 5.16. The fourth-order valence-electron chi connectivity index (χ4n) is 2.04. The van der Waals surface area contributed by atoms with Gasteiger partial charge < -0.3 is 30.3 Å². The van der Waals surface area contributed by atoms with E-state index in [1.807, 2.05) is 0 Å². The second-order valence-electron chi connectivity index (χ2n) is 4.89. The van der Waals surface area contributed by atoms with Crippen LogP contribution in [-0.2, 0) is 4.74 Å². The van der Waals surface area contributed by atoms with Crippen molar-refractivity contribution in [1.29, 1.82) is 0 Å². The summed E-state index contributed by atoms with van der Waals surface area (Å²) in [5, 5.41) is 47.2. The molecule has 0 aliphatic carbocycles. The Labute approximate surface area is 125 Å². The number of amides is 1. The first-order valence-corrected chi connectivity index (χ1v) is 6.59. The number of rotatable bonds is 4. The Hall–Kier alpha value is -1.75. The molecule has 1 aliphatic rings. The van der Waals surface area contributed by atoms with Gasteiger partial charge in [0.1, 0.15) is 30.2 Å². The fourth-order valence-corrected chi connectivity index (χ4v) is 2.04. The lowest BCUT2D eigenvalue weighted by atomic mass is 9.99. The van der Waals surface area contributed by atoms with Crippen molar-refractivity contribution >= 4 is 5.91 Å². The maximum Gasteiger partial charge on any atom is 0.265 e. The molecule has 9 heteroatoms. The second-order valence-corrected chi connectivity index (χ2v) is 4.89. The van der Waals surface area contributed by atoms with E-state index in [9.17, 15) is 20.1 Å². The van der Waals surface area contributed by atoms with Crippen LogP contribution in [0.15, 0.2) is 24.3 Å². The molecule has 1 aliphatic heterocycles.